The maximum Gasteiger partial charge on any atom is 0.267 e. The fourth-order valence-electron chi connectivity index (χ4n) is 1.64. The molecule has 98 valence electrons. The molecule has 0 saturated heterocycles. The van der Waals surface area contributed by atoms with Crippen molar-refractivity contribution in [3.8, 4) is 0 Å². The molecule has 5 heteroatoms. The third-order valence-corrected chi connectivity index (χ3v) is 3.47. The fraction of sp³-hybridized carbons (Fsp3) is 0.143. The lowest BCUT2D eigenvalue weighted by Gasteiger charge is -2.11. The fourth-order valence-corrected chi connectivity index (χ4v) is 2.10. The van der Waals surface area contributed by atoms with E-state index in [2.05, 4.69) is 26.2 Å². The Morgan fingerprint density at radius 3 is 2.58 bits per heavy atom. The summed E-state index contributed by atoms with van der Waals surface area (Å²) in [6.45, 7) is 0.444. The van der Waals surface area contributed by atoms with Gasteiger partial charge in [0.2, 0.25) is 5.56 Å². The van der Waals surface area contributed by atoms with E-state index in [0.717, 1.165) is 5.56 Å². The Labute approximate surface area is 119 Å². The van der Waals surface area contributed by atoms with E-state index in [1.54, 1.807) is 12.1 Å². The van der Waals surface area contributed by atoms with Gasteiger partial charge in [-0.1, -0.05) is 52.3 Å². The average molecular weight is 321 g/mol. The summed E-state index contributed by atoms with van der Waals surface area (Å²) in [5.74, 6) is -0.293. The predicted molar refractivity (Wildman–Crippen MR) is 77.5 cm³/mol. The van der Waals surface area contributed by atoms with Crippen molar-refractivity contribution in [1.29, 1.82) is 0 Å². The van der Waals surface area contributed by atoms with Crippen molar-refractivity contribution in [2.75, 3.05) is 6.54 Å². The van der Waals surface area contributed by atoms with Gasteiger partial charge < -0.3 is 10.3 Å². The van der Waals surface area contributed by atoms with Crippen LogP contribution in [0.15, 0.2) is 53.3 Å². The number of halogens is 1. The van der Waals surface area contributed by atoms with Crippen LogP contribution in [-0.2, 0) is 0 Å². The number of carbonyl (C=O) groups is 1. The molecule has 0 aliphatic heterocycles. The summed E-state index contributed by atoms with van der Waals surface area (Å²) < 4.78 is 0. The number of alkyl halides is 1. The van der Waals surface area contributed by atoms with E-state index in [1.165, 1.54) is 6.07 Å². The number of rotatable bonds is 4. The minimum Gasteiger partial charge on any atom is -0.349 e. The van der Waals surface area contributed by atoms with E-state index in [9.17, 15) is 9.59 Å². The highest BCUT2D eigenvalue weighted by Gasteiger charge is 2.10. The molecular weight excluding hydrogens is 308 g/mol. The van der Waals surface area contributed by atoms with Crippen molar-refractivity contribution in [3.05, 3.63) is 70.1 Å². The van der Waals surface area contributed by atoms with Gasteiger partial charge in [-0.05, 0) is 11.6 Å². The molecule has 0 saturated carbocycles. The van der Waals surface area contributed by atoms with E-state index in [1.807, 2.05) is 30.3 Å². The summed E-state index contributed by atoms with van der Waals surface area (Å²) in [7, 11) is 0. The first kappa shape index (κ1) is 13.5. The molecule has 0 bridgehead atoms. The third kappa shape index (κ3) is 3.79. The van der Waals surface area contributed by atoms with E-state index in [4.69, 9.17) is 0 Å². The Bertz CT molecular complexity index is 610. The SMILES string of the molecule is O=C(NCC(Br)c1ccccc1)c1cccc(=O)[nH]1. The van der Waals surface area contributed by atoms with Crippen LogP contribution >= 0.6 is 15.9 Å². The molecule has 0 radical (unpaired) electrons. The molecule has 0 spiro atoms. The first-order chi connectivity index (χ1) is 9.16. The van der Waals surface area contributed by atoms with Crippen molar-refractivity contribution >= 4 is 21.8 Å². The van der Waals surface area contributed by atoms with Gasteiger partial charge in [0.25, 0.3) is 5.91 Å². The Balaban J connectivity index is 1.96. The lowest BCUT2D eigenvalue weighted by molar-refractivity contribution is 0.0949. The second-order valence-electron chi connectivity index (χ2n) is 4.02. The molecule has 1 atom stereocenters. The van der Waals surface area contributed by atoms with Crippen LogP contribution in [0.4, 0.5) is 0 Å². The molecule has 2 aromatic rings. The smallest absolute Gasteiger partial charge is 0.267 e. The summed E-state index contributed by atoms with van der Waals surface area (Å²) in [4.78, 5) is 25.5. The Hall–Kier alpha value is -1.88. The molecular formula is C14H13BrN2O2. The summed E-state index contributed by atoms with van der Waals surface area (Å²) in [5.41, 5.74) is 1.07. The largest absolute Gasteiger partial charge is 0.349 e. The van der Waals surface area contributed by atoms with Gasteiger partial charge in [0, 0.05) is 12.6 Å². The zero-order valence-electron chi connectivity index (χ0n) is 10.1. The lowest BCUT2D eigenvalue weighted by Crippen LogP contribution is -2.28. The zero-order chi connectivity index (χ0) is 13.7. The number of carbonyl (C=O) groups excluding carboxylic acids is 1. The molecule has 19 heavy (non-hydrogen) atoms. The number of hydrogen-bond donors (Lipinski definition) is 2. The number of H-pyrrole nitrogens is 1. The van der Waals surface area contributed by atoms with Crippen LogP contribution < -0.4 is 10.9 Å². The molecule has 2 N–H and O–H groups in total. The van der Waals surface area contributed by atoms with E-state index >= 15 is 0 Å². The number of aromatic nitrogens is 1. The Morgan fingerprint density at radius 1 is 1.16 bits per heavy atom. The predicted octanol–water partition coefficient (Wildman–Crippen LogP) is 2.24. The highest BCUT2D eigenvalue weighted by molar-refractivity contribution is 9.09. The summed E-state index contributed by atoms with van der Waals surface area (Å²) >= 11 is 3.51. The van der Waals surface area contributed by atoms with Gasteiger partial charge in [-0.2, -0.15) is 0 Å². The molecule has 1 heterocycles. The van der Waals surface area contributed by atoms with Crippen molar-refractivity contribution in [3.63, 3.8) is 0 Å². The Kier molecular flexibility index (Phi) is 4.52. The molecule has 4 nitrogen and oxygen atoms in total. The van der Waals surface area contributed by atoms with Gasteiger partial charge in [0.1, 0.15) is 5.69 Å². The van der Waals surface area contributed by atoms with Gasteiger partial charge in [0.05, 0.1) is 4.83 Å². The summed E-state index contributed by atoms with van der Waals surface area (Å²) in [6, 6.07) is 14.3. The van der Waals surface area contributed by atoms with E-state index in [0.29, 0.717) is 6.54 Å². The van der Waals surface area contributed by atoms with Crippen LogP contribution in [0, 0.1) is 0 Å². The number of aromatic amines is 1. The average Bonchev–Trinajstić information content (AvgIpc) is 2.45. The van der Waals surface area contributed by atoms with Gasteiger partial charge in [0.15, 0.2) is 0 Å². The molecule has 0 aliphatic rings. The maximum absolute atomic E-state index is 11.8. The minimum absolute atomic E-state index is 0.0353. The zero-order valence-corrected chi connectivity index (χ0v) is 11.7. The molecule has 1 aromatic carbocycles. The molecule has 1 aromatic heterocycles. The highest BCUT2D eigenvalue weighted by atomic mass is 79.9. The minimum atomic E-state index is -0.293. The summed E-state index contributed by atoms with van der Waals surface area (Å²) in [5, 5.41) is 2.77. The van der Waals surface area contributed by atoms with Crippen LogP contribution in [0.1, 0.15) is 20.9 Å². The molecule has 1 unspecified atom stereocenters. The standard InChI is InChI=1S/C14H13BrN2O2/c15-11(10-5-2-1-3-6-10)9-16-14(19)12-7-4-8-13(18)17-12/h1-8,11H,9H2,(H,16,19)(H,17,18). The summed E-state index contributed by atoms with van der Waals surface area (Å²) in [6.07, 6.45) is 0. The molecule has 0 fully saturated rings. The van der Waals surface area contributed by atoms with Crippen molar-refractivity contribution in [1.82, 2.24) is 10.3 Å². The van der Waals surface area contributed by atoms with E-state index < -0.39 is 0 Å². The van der Waals surface area contributed by atoms with Crippen LogP contribution in [-0.4, -0.2) is 17.4 Å². The number of nitrogens with one attached hydrogen (secondary N) is 2. The van der Waals surface area contributed by atoms with Gasteiger partial charge in [-0.25, -0.2) is 0 Å². The number of hydrogen-bond acceptors (Lipinski definition) is 2. The van der Waals surface area contributed by atoms with Crippen molar-refractivity contribution in [2.45, 2.75) is 4.83 Å². The number of pyridine rings is 1. The van der Waals surface area contributed by atoms with Crippen molar-refractivity contribution < 1.29 is 4.79 Å². The van der Waals surface area contributed by atoms with Crippen LogP contribution in [0.2, 0.25) is 0 Å². The third-order valence-electron chi connectivity index (χ3n) is 2.62. The van der Waals surface area contributed by atoms with E-state index in [-0.39, 0.29) is 22.0 Å². The van der Waals surface area contributed by atoms with Gasteiger partial charge in [-0.15, -0.1) is 0 Å². The lowest BCUT2D eigenvalue weighted by atomic mass is 10.1. The molecule has 1 amide bonds. The Morgan fingerprint density at radius 2 is 1.89 bits per heavy atom. The van der Waals surface area contributed by atoms with Crippen LogP contribution in [0.3, 0.4) is 0 Å². The highest BCUT2D eigenvalue weighted by Crippen LogP contribution is 2.20. The van der Waals surface area contributed by atoms with Gasteiger partial charge in [-0.3, -0.25) is 9.59 Å². The number of benzene rings is 1. The molecule has 2 rings (SSSR count). The second-order valence-corrected chi connectivity index (χ2v) is 5.12. The van der Waals surface area contributed by atoms with Gasteiger partial charge >= 0.3 is 0 Å². The van der Waals surface area contributed by atoms with Crippen molar-refractivity contribution in [2.24, 2.45) is 0 Å². The van der Waals surface area contributed by atoms with Crippen LogP contribution in [0.25, 0.3) is 0 Å². The normalized spacial score (nSPS) is 11.8. The quantitative estimate of drug-likeness (QED) is 0.849. The second kappa shape index (κ2) is 6.33. The van der Waals surface area contributed by atoms with Crippen LogP contribution in [0.5, 0.6) is 0 Å². The number of amides is 1. The topological polar surface area (TPSA) is 62.0 Å². The monoisotopic (exact) mass is 320 g/mol. The first-order valence-electron chi connectivity index (χ1n) is 5.83. The first-order valence-corrected chi connectivity index (χ1v) is 6.75. The molecule has 0 aliphatic carbocycles. The maximum atomic E-state index is 11.8.